The first-order valence-electron chi connectivity index (χ1n) is 6.52. The number of carbonyl (C=O) groups excluding carboxylic acids is 2. The number of anilines is 2. The first kappa shape index (κ1) is 18.7. The van der Waals surface area contributed by atoms with Gasteiger partial charge in [-0.2, -0.15) is 13.2 Å². The van der Waals surface area contributed by atoms with Crippen molar-refractivity contribution in [2.24, 2.45) is 0 Å². The fourth-order valence-corrected chi connectivity index (χ4v) is 1.98. The lowest BCUT2D eigenvalue weighted by molar-refractivity contribution is -0.137. The Balaban J connectivity index is 2.18. The first-order chi connectivity index (χ1) is 11.6. The molecule has 0 aromatic heterocycles. The van der Waals surface area contributed by atoms with Crippen LogP contribution < -0.4 is 10.6 Å². The van der Waals surface area contributed by atoms with Gasteiger partial charge in [0.05, 0.1) is 16.9 Å². The molecular weight excluding hydrogens is 371 g/mol. The van der Waals surface area contributed by atoms with Gasteiger partial charge in [-0.15, -0.1) is 0 Å². The van der Waals surface area contributed by atoms with Crippen molar-refractivity contribution in [1.82, 2.24) is 0 Å². The Kier molecular flexibility index (Phi) is 5.27. The van der Waals surface area contributed by atoms with E-state index in [0.717, 1.165) is 24.3 Å². The third kappa shape index (κ3) is 4.66. The molecular formula is C15H8ClF5N2O2. The van der Waals surface area contributed by atoms with E-state index in [2.05, 4.69) is 0 Å². The lowest BCUT2D eigenvalue weighted by atomic mass is 10.1. The van der Waals surface area contributed by atoms with E-state index < -0.39 is 46.6 Å². The molecule has 0 spiro atoms. The number of benzene rings is 2. The average Bonchev–Trinajstić information content (AvgIpc) is 2.50. The van der Waals surface area contributed by atoms with Gasteiger partial charge in [-0.3, -0.25) is 9.59 Å². The van der Waals surface area contributed by atoms with Crippen LogP contribution in [0.5, 0.6) is 0 Å². The second-order valence-corrected chi connectivity index (χ2v) is 5.16. The van der Waals surface area contributed by atoms with E-state index in [1.54, 1.807) is 5.32 Å². The van der Waals surface area contributed by atoms with Crippen LogP contribution in [0.2, 0.25) is 5.02 Å². The molecule has 0 aliphatic rings. The van der Waals surface area contributed by atoms with Crippen LogP contribution in [0.3, 0.4) is 0 Å². The highest BCUT2D eigenvalue weighted by atomic mass is 35.5. The SMILES string of the molecule is O=C(Nc1ccc(F)cc1F)C(=O)Nc1ccc(Cl)cc1C(F)(F)F. The summed E-state index contributed by atoms with van der Waals surface area (Å²) in [6.45, 7) is 0. The minimum atomic E-state index is -4.83. The molecule has 2 aromatic carbocycles. The van der Waals surface area contributed by atoms with E-state index in [-0.39, 0.29) is 5.02 Å². The number of halogens is 6. The van der Waals surface area contributed by atoms with Crippen LogP contribution in [0.4, 0.5) is 33.3 Å². The molecule has 0 unspecified atom stereocenters. The zero-order chi connectivity index (χ0) is 18.8. The van der Waals surface area contributed by atoms with Crippen molar-refractivity contribution >= 4 is 34.8 Å². The molecule has 2 amide bonds. The van der Waals surface area contributed by atoms with E-state index >= 15 is 0 Å². The fraction of sp³-hybridized carbons (Fsp3) is 0.0667. The van der Waals surface area contributed by atoms with Gasteiger partial charge in [0.25, 0.3) is 0 Å². The number of carbonyl (C=O) groups is 2. The Bertz CT molecular complexity index is 839. The summed E-state index contributed by atoms with van der Waals surface area (Å²) in [4.78, 5) is 23.4. The molecule has 2 aromatic rings. The maximum Gasteiger partial charge on any atom is 0.418 e. The van der Waals surface area contributed by atoms with E-state index in [1.165, 1.54) is 0 Å². The van der Waals surface area contributed by atoms with Crippen LogP contribution in [0.1, 0.15) is 5.56 Å². The molecule has 0 atom stereocenters. The normalized spacial score (nSPS) is 11.1. The number of hydrogen-bond donors (Lipinski definition) is 2. The van der Waals surface area contributed by atoms with Crippen molar-refractivity contribution in [3.05, 3.63) is 58.6 Å². The van der Waals surface area contributed by atoms with Crippen LogP contribution >= 0.6 is 11.6 Å². The molecule has 0 aliphatic heterocycles. The van der Waals surface area contributed by atoms with E-state index in [0.29, 0.717) is 12.1 Å². The van der Waals surface area contributed by atoms with Gasteiger partial charge in [-0.25, -0.2) is 8.78 Å². The maximum atomic E-state index is 13.4. The highest BCUT2D eigenvalue weighted by Gasteiger charge is 2.34. The van der Waals surface area contributed by atoms with Crippen LogP contribution in [0.25, 0.3) is 0 Å². The summed E-state index contributed by atoms with van der Waals surface area (Å²) in [6.07, 6.45) is -4.83. The molecule has 25 heavy (non-hydrogen) atoms. The van der Waals surface area contributed by atoms with Crippen LogP contribution in [0, 0.1) is 11.6 Å². The summed E-state index contributed by atoms with van der Waals surface area (Å²) in [6, 6.07) is 4.69. The number of amides is 2. The highest BCUT2D eigenvalue weighted by molar-refractivity contribution is 6.43. The molecule has 0 bridgehead atoms. The monoisotopic (exact) mass is 378 g/mol. The second kappa shape index (κ2) is 7.06. The van der Waals surface area contributed by atoms with Gasteiger partial charge in [0.1, 0.15) is 11.6 Å². The summed E-state index contributed by atoms with van der Waals surface area (Å²) in [7, 11) is 0. The zero-order valence-corrected chi connectivity index (χ0v) is 12.8. The molecule has 0 radical (unpaired) electrons. The number of alkyl halides is 3. The molecule has 2 N–H and O–H groups in total. The third-order valence-corrected chi connectivity index (χ3v) is 3.16. The fourth-order valence-electron chi connectivity index (χ4n) is 1.81. The van der Waals surface area contributed by atoms with Crippen molar-refractivity contribution in [2.75, 3.05) is 10.6 Å². The van der Waals surface area contributed by atoms with Gasteiger partial charge in [0.2, 0.25) is 0 Å². The van der Waals surface area contributed by atoms with Gasteiger partial charge in [0.15, 0.2) is 0 Å². The van der Waals surface area contributed by atoms with Crippen molar-refractivity contribution in [3.63, 3.8) is 0 Å². The van der Waals surface area contributed by atoms with Crippen LogP contribution in [0.15, 0.2) is 36.4 Å². The molecule has 0 heterocycles. The molecule has 2 rings (SSSR count). The molecule has 0 saturated heterocycles. The zero-order valence-electron chi connectivity index (χ0n) is 12.0. The Morgan fingerprint density at radius 2 is 1.44 bits per heavy atom. The summed E-state index contributed by atoms with van der Waals surface area (Å²) < 4.78 is 65.0. The largest absolute Gasteiger partial charge is 0.418 e. The molecule has 0 aliphatic carbocycles. The molecule has 10 heteroatoms. The lowest BCUT2D eigenvalue weighted by Crippen LogP contribution is -2.30. The number of nitrogens with one attached hydrogen (secondary N) is 2. The van der Waals surface area contributed by atoms with Gasteiger partial charge < -0.3 is 10.6 Å². The predicted molar refractivity (Wildman–Crippen MR) is 80.1 cm³/mol. The molecule has 4 nitrogen and oxygen atoms in total. The van der Waals surface area contributed by atoms with Gasteiger partial charge >= 0.3 is 18.0 Å². The Hall–Kier alpha value is -2.68. The summed E-state index contributed by atoms with van der Waals surface area (Å²) in [5.41, 5.74) is -2.46. The molecule has 0 saturated carbocycles. The summed E-state index contributed by atoms with van der Waals surface area (Å²) >= 11 is 5.50. The van der Waals surface area contributed by atoms with Gasteiger partial charge in [-0.1, -0.05) is 11.6 Å². The third-order valence-electron chi connectivity index (χ3n) is 2.92. The second-order valence-electron chi connectivity index (χ2n) is 4.72. The van der Waals surface area contributed by atoms with Gasteiger partial charge in [-0.05, 0) is 30.3 Å². The van der Waals surface area contributed by atoms with Gasteiger partial charge in [0, 0.05) is 11.1 Å². The lowest BCUT2D eigenvalue weighted by Gasteiger charge is -2.14. The van der Waals surface area contributed by atoms with Crippen LogP contribution in [-0.2, 0) is 15.8 Å². The highest BCUT2D eigenvalue weighted by Crippen LogP contribution is 2.36. The summed E-state index contributed by atoms with van der Waals surface area (Å²) in [5.74, 6) is -4.97. The minimum Gasteiger partial charge on any atom is -0.317 e. The molecule has 132 valence electrons. The van der Waals surface area contributed by atoms with Crippen molar-refractivity contribution in [1.29, 1.82) is 0 Å². The van der Waals surface area contributed by atoms with E-state index in [1.807, 2.05) is 5.32 Å². The van der Waals surface area contributed by atoms with E-state index in [4.69, 9.17) is 11.6 Å². The molecule has 0 fully saturated rings. The number of rotatable bonds is 2. The van der Waals surface area contributed by atoms with Crippen molar-refractivity contribution in [2.45, 2.75) is 6.18 Å². The van der Waals surface area contributed by atoms with Crippen molar-refractivity contribution < 1.29 is 31.5 Å². The standard InChI is InChI=1S/C15H8ClF5N2O2/c16-7-1-3-11(9(5-7)15(19,20)21)22-13(24)14(25)23-12-4-2-8(17)6-10(12)18/h1-6H,(H,22,24)(H,23,25). The first-order valence-corrected chi connectivity index (χ1v) is 6.90. The summed E-state index contributed by atoms with van der Waals surface area (Å²) in [5, 5.41) is 3.38. The minimum absolute atomic E-state index is 0.219. The quantitative estimate of drug-likeness (QED) is 0.607. The Labute approximate surface area is 142 Å². The predicted octanol–water partition coefficient (Wildman–Crippen LogP) is 4.21. The van der Waals surface area contributed by atoms with Crippen LogP contribution in [-0.4, -0.2) is 11.8 Å². The van der Waals surface area contributed by atoms with E-state index in [9.17, 15) is 31.5 Å². The van der Waals surface area contributed by atoms with Crippen molar-refractivity contribution in [3.8, 4) is 0 Å². The average molecular weight is 379 g/mol. The Morgan fingerprint density at radius 3 is 2.00 bits per heavy atom. The smallest absolute Gasteiger partial charge is 0.317 e. The number of hydrogen-bond acceptors (Lipinski definition) is 2. The maximum absolute atomic E-state index is 13.4. The topological polar surface area (TPSA) is 58.2 Å². The Morgan fingerprint density at radius 1 is 0.880 bits per heavy atom.